The summed E-state index contributed by atoms with van der Waals surface area (Å²) in [6, 6.07) is 2.53. The molecule has 0 spiro atoms. The lowest BCUT2D eigenvalue weighted by Gasteiger charge is -2.19. The van der Waals surface area contributed by atoms with Crippen molar-refractivity contribution in [2.45, 2.75) is 12.6 Å². The van der Waals surface area contributed by atoms with E-state index < -0.39 is 11.6 Å². The van der Waals surface area contributed by atoms with Gasteiger partial charge in [-0.15, -0.1) is 0 Å². The van der Waals surface area contributed by atoms with Gasteiger partial charge in [-0.1, -0.05) is 11.6 Å². The molecule has 4 nitrogen and oxygen atoms in total. The van der Waals surface area contributed by atoms with Gasteiger partial charge in [-0.2, -0.15) is 0 Å². The van der Waals surface area contributed by atoms with Crippen LogP contribution in [0.2, 0.25) is 5.02 Å². The molecule has 0 aromatic heterocycles. The summed E-state index contributed by atoms with van der Waals surface area (Å²) in [6.07, 6.45) is 0. The Bertz CT molecular complexity index is 445. The molecular weight excluding hydrogens is 251 g/mol. The molecule has 17 heavy (non-hydrogen) atoms. The van der Waals surface area contributed by atoms with Crippen molar-refractivity contribution in [2.75, 3.05) is 14.2 Å². The first-order valence-electron chi connectivity index (χ1n) is 4.69. The minimum Gasteiger partial charge on any atom is -0.493 e. The van der Waals surface area contributed by atoms with Crippen LogP contribution >= 0.6 is 11.6 Å². The fourth-order valence-corrected chi connectivity index (χ4v) is 1.66. The lowest BCUT2D eigenvalue weighted by Crippen LogP contribution is -2.27. The van der Waals surface area contributed by atoms with Gasteiger partial charge in [-0.05, 0) is 13.0 Å². The van der Waals surface area contributed by atoms with E-state index in [-0.39, 0.29) is 16.3 Å². The van der Waals surface area contributed by atoms with Crippen molar-refractivity contribution in [3.63, 3.8) is 0 Å². The fraction of sp³-hybridized carbons (Fsp3) is 0.364. The van der Waals surface area contributed by atoms with E-state index in [1.54, 1.807) is 0 Å². The molecule has 0 fully saturated rings. The Morgan fingerprint density at radius 2 is 1.82 bits per heavy atom. The topological polar surface area (TPSA) is 55.8 Å². The number of methoxy groups -OCH3 is 2. The molecule has 1 N–H and O–H groups in total. The van der Waals surface area contributed by atoms with E-state index >= 15 is 0 Å². The van der Waals surface area contributed by atoms with Gasteiger partial charge in [0.15, 0.2) is 11.5 Å². The number of ether oxygens (including phenoxy) is 2. The van der Waals surface area contributed by atoms with Crippen LogP contribution < -0.4 is 9.47 Å². The molecule has 0 saturated carbocycles. The van der Waals surface area contributed by atoms with Crippen LogP contribution in [0.15, 0.2) is 12.1 Å². The van der Waals surface area contributed by atoms with Crippen LogP contribution in [0.5, 0.6) is 11.5 Å². The van der Waals surface area contributed by atoms with Gasteiger partial charge < -0.3 is 14.6 Å². The van der Waals surface area contributed by atoms with Gasteiger partial charge in [0.2, 0.25) is 5.67 Å². The van der Waals surface area contributed by atoms with Gasteiger partial charge in [-0.25, -0.2) is 9.18 Å². The standard InChI is InChI=1S/C11H12ClFO4/c1-11(13,10(14)15)6-4-8(16-2)9(17-3)5-7(6)12/h4-5H,1-3H3,(H,14,15). The second-order valence-corrected chi connectivity index (χ2v) is 3.90. The second kappa shape index (κ2) is 4.79. The normalized spacial score (nSPS) is 13.9. The molecule has 94 valence electrons. The Labute approximate surface area is 103 Å². The minimum atomic E-state index is -2.59. The Kier molecular flexibility index (Phi) is 3.83. The smallest absolute Gasteiger partial charge is 0.345 e. The van der Waals surface area contributed by atoms with Crippen molar-refractivity contribution in [3.05, 3.63) is 22.7 Å². The Morgan fingerprint density at radius 1 is 1.35 bits per heavy atom. The highest BCUT2D eigenvalue weighted by Gasteiger charge is 2.38. The summed E-state index contributed by atoms with van der Waals surface area (Å²) in [5.41, 5.74) is -2.76. The quantitative estimate of drug-likeness (QED) is 0.906. The third-order valence-electron chi connectivity index (χ3n) is 2.38. The Balaban J connectivity index is 3.41. The van der Waals surface area contributed by atoms with Gasteiger partial charge >= 0.3 is 5.97 Å². The van der Waals surface area contributed by atoms with Crippen molar-refractivity contribution in [3.8, 4) is 11.5 Å². The van der Waals surface area contributed by atoms with Gasteiger partial charge in [0.25, 0.3) is 0 Å². The molecule has 0 amide bonds. The maximum Gasteiger partial charge on any atom is 0.345 e. The molecule has 0 heterocycles. The zero-order valence-corrected chi connectivity index (χ0v) is 10.3. The molecule has 0 aliphatic carbocycles. The summed E-state index contributed by atoms with van der Waals surface area (Å²) in [6.45, 7) is 0.919. The number of rotatable bonds is 4. The highest BCUT2D eigenvalue weighted by molar-refractivity contribution is 6.32. The molecule has 1 aromatic carbocycles. The van der Waals surface area contributed by atoms with Crippen molar-refractivity contribution >= 4 is 17.6 Å². The third kappa shape index (κ3) is 2.44. The van der Waals surface area contributed by atoms with Crippen molar-refractivity contribution in [1.29, 1.82) is 0 Å². The molecule has 0 aliphatic rings. The summed E-state index contributed by atoms with van der Waals surface area (Å²) in [4.78, 5) is 10.8. The minimum absolute atomic E-state index is 0.0324. The number of aliphatic carboxylic acids is 1. The van der Waals surface area contributed by atoms with Gasteiger partial charge in [-0.3, -0.25) is 0 Å². The highest BCUT2D eigenvalue weighted by atomic mass is 35.5. The van der Waals surface area contributed by atoms with E-state index in [1.165, 1.54) is 26.4 Å². The number of hydrogen-bond acceptors (Lipinski definition) is 3. The van der Waals surface area contributed by atoms with Gasteiger partial charge in [0, 0.05) is 11.6 Å². The molecule has 6 heteroatoms. The molecule has 1 rings (SSSR count). The average molecular weight is 263 g/mol. The van der Waals surface area contributed by atoms with E-state index in [4.69, 9.17) is 26.2 Å². The van der Waals surface area contributed by atoms with E-state index in [2.05, 4.69) is 0 Å². The van der Waals surface area contributed by atoms with Crippen LogP contribution in [0.4, 0.5) is 4.39 Å². The van der Waals surface area contributed by atoms with Gasteiger partial charge in [0.05, 0.1) is 19.2 Å². The lowest BCUT2D eigenvalue weighted by atomic mass is 9.97. The van der Waals surface area contributed by atoms with Gasteiger partial charge in [0.1, 0.15) is 0 Å². The summed E-state index contributed by atoms with van der Waals surface area (Å²) < 4.78 is 23.9. The van der Waals surface area contributed by atoms with Crippen LogP contribution in [0.1, 0.15) is 12.5 Å². The van der Waals surface area contributed by atoms with Crippen LogP contribution in [0.25, 0.3) is 0 Å². The SMILES string of the molecule is COc1cc(Cl)c(C(C)(F)C(=O)O)cc1OC. The van der Waals surface area contributed by atoms with E-state index in [0.717, 1.165) is 6.92 Å². The molecular formula is C11H12ClFO4. The number of carboxylic acid groups (broad SMARTS) is 1. The van der Waals surface area contributed by atoms with Crippen LogP contribution in [-0.4, -0.2) is 25.3 Å². The van der Waals surface area contributed by atoms with E-state index in [1.807, 2.05) is 0 Å². The van der Waals surface area contributed by atoms with Crippen molar-refractivity contribution < 1.29 is 23.8 Å². The number of benzene rings is 1. The van der Waals surface area contributed by atoms with Crippen LogP contribution in [-0.2, 0) is 10.5 Å². The predicted octanol–water partition coefficient (Wildman–Crippen LogP) is 2.63. The Hall–Kier alpha value is -1.49. The first kappa shape index (κ1) is 13.6. The van der Waals surface area contributed by atoms with Crippen LogP contribution in [0.3, 0.4) is 0 Å². The third-order valence-corrected chi connectivity index (χ3v) is 2.69. The summed E-state index contributed by atoms with van der Waals surface area (Å²) >= 11 is 5.83. The summed E-state index contributed by atoms with van der Waals surface area (Å²) in [7, 11) is 2.77. The van der Waals surface area contributed by atoms with E-state index in [0.29, 0.717) is 5.75 Å². The molecule has 0 aliphatic heterocycles. The second-order valence-electron chi connectivity index (χ2n) is 3.50. The lowest BCUT2D eigenvalue weighted by molar-refractivity contribution is -0.150. The number of carboxylic acids is 1. The molecule has 0 radical (unpaired) electrons. The average Bonchev–Trinajstić information content (AvgIpc) is 2.27. The maximum absolute atomic E-state index is 14.0. The first-order valence-corrected chi connectivity index (χ1v) is 5.06. The fourth-order valence-electron chi connectivity index (χ4n) is 1.33. The number of halogens is 2. The Morgan fingerprint density at radius 3 is 2.24 bits per heavy atom. The molecule has 1 atom stereocenters. The summed E-state index contributed by atoms with van der Waals surface area (Å²) in [5, 5.41) is 8.77. The van der Waals surface area contributed by atoms with Crippen molar-refractivity contribution in [1.82, 2.24) is 0 Å². The maximum atomic E-state index is 14.0. The molecule has 0 bridgehead atoms. The summed E-state index contributed by atoms with van der Waals surface area (Å²) in [5.74, 6) is -1.09. The number of carbonyl (C=O) groups is 1. The highest BCUT2D eigenvalue weighted by Crippen LogP contribution is 2.39. The zero-order chi connectivity index (χ0) is 13.2. The van der Waals surface area contributed by atoms with E-state index in [9.17, 15) is 9.18 Å². The van der Waals surface area contributed by atoms with Crippen LogP contribution in [0, 0.1) is 0 Å². The largest absolute Gasteiger partial charge is 0.493 e. The predicted molar refractivity (Wildman–Crippen MR) is 60.7 cm³/mol. The molecule has 1 aromatic rings. The molecule has 0 saturated heterocycles. The molecule has 1 unspecified atom stereocenters. The monoisotopic (exact) mass is 262 g/mol. The first-order chi connectivity index (χ1) is 7.84. The number of hydrogen-bond donors (Lipinski definition) is 1. The number of alkyl halides is 1. The zero-order valence-electron chi connectivity index (χ0n) is 9.58. The van der Waals surface area contributed by atoms with Crippen molar-refractivity contribution in [2.24, 2.45) is 0 Å².